The van der Waals surface area contributed by atoms with Crippen molar-refractivity contribution in [1.82, 2.24) is 20.3 Å². The second-order valence-electron chi connectivity index (χ2n) is 11.3. The van der Waals surface area contributed by atoms with E-state index in [4.69, 9.17) is 10.5 Å². The fourth-order valence-corrected chi connectivity index (χ4v) is 6.57. The quantitative estimate of drug-likeness (QED) is 0.258. The number of hydrogen-bond donors (Lipinski definition) is 4. The number of nitrogens with one attached hydrogen (secondary N) is 3. The molecule has 2 amide bonds. The third-order valence-corrected chi connectivity index (χ3v) is 9.19. The largest absolute Gasteiger partial charge is 0.372 e. The van der Waals surface area contributed by atoms with E-state index in [2.05, 4.69) is 31.3 Å². The van der Waals surface area contributed by atoms with Gasteiger partial charge < -0.3 is 26.0 Å². The van der Waals surface area contributed by atoms with E-state index in [1.54, 1.807) is 0 Å². The summed E-state index contributed by atoms with van der Waals surface area (Å²) in [6.45, 7) is 3.12. The molecule has 0 aromatic heterocycles. The van der Waals surface area contributed by atoms with Crippen molar-refractivity contribution < 1.29 is 22.7 Å². The molecule has 0 radical (unpaired) electrons. The van der Waals surface area contributed by atoms with Crippen LogP contribution in [0.2, 0.25) is 0 Å². The van der Waals surface area contributed by atoms with E-state index in [1.165, 1.54) is 4.90 Å². The zero-order valence-corrected chi connectivity index (χ0v) is 26.5. The molecule has 2 fully saturated rings. The molecule has 0 saturated carbocycles. The van der Waals surface area contributed by atoms with Gasteiger partial charge in [0.25, 0.3) is 0 Å². The van der Waals surface area contributed by atoms with Gasteiger partial charge in [-0.3, -0.25) is 9.59 Å². The van der Waals surface area contributed by atoms with Crippen molar-refractivity contribution in [3.05, 3.63) is 69.7 Å². The van der Waals surface area contributed by atoms with Gasteiger partial charge in [0.1, 0.15) is 12.1 Å². The molecule has 0 spiro atoms. The zero-order valence-electron chi connectivity index (χ0n) is 24.1. The Morgan fingerprint density at radius 2 is 1.71 bits per heavy atom. The maximum Gasteiger partial charge on any atom is 0.243 e. The smallest absolute Gasteiger partial charge is 0.243 e. The lowest BCUT2D eigenvalue weighted by Gasteiger charge is -2.30. The average molecular weight is 665 g/mol. The second-order valence-corrected chi connectivity index (χ2v) is 13.9. The van der Waals surface area contributed by atoms with Crippen LogP contribution < -0.4 is 21.1 Å². The summed E-state index contributed by atoms with van der Waals surface area (Å²) in [6.07, 6.45) is 4.10. The molecular formula is C30H42BrN5O5S. The molecule has 2 aromatic carbocycles. The molecule has 2 aromatic rings. The highest BCUT2D eigenvalue weighted by Crippen LogP contribution is 2.26. The van der Waals surface area contributed by atoms with Crippen LogP contribution in [-0.4, -0.2) is 69.2 Å². The summed E-state index contributed by atoms with van der Waals surface area (Å²) < 4.78 is 34.2. The molecule has 3 atom stereocenters. The molecule has 0 aliphatic carbocycles. The maximum absolute atomic E-state index is 13.9. The van der Waals surface area contributed by atoms with Gasteiger partial charge in [-0.15, -0.1) is 0 Å². The molecule has 2 heterocycles. The van der Waals surface area contributed by atoms with Gasteiger partial charge in [-0.05, 0) is 73.5 Å². The third-order valence-electron chi connectivity index (χ3n) is 7.95. The maximum atomic E-state index is 13.9. The van der Waals surface area contributed by atoms with Gasteiger partial charge in [0.2, 0.25) is 21.8 Å². The molecular weight excluding hydrogens is 622 g/mol. The van der Waals surface area contributed by atoms with Crippen molar-refractivity contribution in [1.29, 1.82) is 0 Å². The van der Waals surface area contributed by atoms with Crippen molar-refractivity contribution in [3.63, 3.8) is 0 Å². The first kappa shape index (κ1) is 32.6. The number of rotatable bonds is 13. The van der Waals surface area contributed by atoms with Gasteiger partial charge in [-0.1, -0.05) is 52.3 Å². The van der Waals surface area contributed by atoms with Crippen LogP contribution in [0.5, 0.6) is 0 Å². The Labute approximate surface area is 257 Å². The topological polar surface area (TPSA) is 143 Å². The van der Waals surface area contributed by atoms with Crippen molar-refractivity contribution in [2.75, 3.05) is 25.9 Å². The van der Waals surface area contributed by atoms with Gasteiger partial charge in [0.15, 0.2) is 0 Å². The van der Waals surface area contributed by atoms with Crippen LogP contribution in [0.25, 0.3) is 0 Å². The Balaban J connectivity index is 1.47. The first-order chi connectivity index (χ1) is 20.1. The minimum Gasteiger partial charge on any atom is -0.372 e. The summed E-state index contributed by atoms with van der Waals surface area (Å²) in [5.41, 5.74) is 8.58. The highest BCUT2D eigenvalue weighted by atomic mass is 79.9. The molecule has 42 heavy (non-hydrogen) atoms. The molecule has 10 nitrogen and oxygen atoms in total. The van der Waals surface area contributed by atoms with E-state index in [0.717, 1.165) is 59.8 Å². The van der Waals surface area contributed by atoms with E-state index in [1.807, 2.05) is 48.5 Å². The van der Waals surface area contributed by atoms with Crippen LogP contribution in [-0.2, 0) is 44.0 Å². The molecule has 2 aliphatic rings. The van der Waals surface area contributed by atoms with Crippen molar-refractivity contribution in [2.24, 2.45) is 11.7 Å². The highest BCUT2D eigenvalue weighted by Gasteiger charge is 2.42. The molecule has 2 saturated heterocycles. The summed E-state index contributed by atoms with van der Waals surface area (Å²) >= 11 is 3.43. The summed E-state index contributed by atoms with van der Waals surface area (Å²) in [4.78, 5) is 28.9. The van der Waals surface area contributed by atoms with Gasteiger partial charge in [-0.25, -0.2) is 13.1 Å². The van der Waals surface area contributed by atoms with Crippen LogP contribution in [0.1, 0.15) is 48.8 Å². The van der Waals surface area contributed by atoms with Crippen LogP contribution in [0.15, 0.2) is 53.0 Å². The van der Waals surface area contributed by atoms with E-state index < -0.39 is 28.0 Å². The minimum absolute atomic E-state index is 0.202. The molecule has 4 rings (SSSR count). The molecule has 5 N–H and O–H groups in total. The first-order valence-corrected chi connectivity index (χ1v) is 17.2. The fraction of sp³-hybridized carbons (Fsp3) is 0.533. The molecule has 0 unspecified atom stereocenters. The number of carbonyl (C=O) groups excluding carboxylic acids is 2. The molecule has 2 aliphatic heterocycles. The average Bonchev–Trinajstić information content (AvgIpc) is 3.42. The zero-order chi connectivity index (χ0) is 30.1. The van der Waals surface area contributed by atoms with Gasteiger partial charge >= 0.3 is 0 Å². The van der Waals surface area contributed by atoms with E-state index >= 15 is 0 Å². The number of ether oxygens (including phenoxy) is 1. The second kappa shape index (κ2) is 15.4. The Hall–Kier alpha value is -2.35. The van der Waals surface area contributed by atoms with Crippen molar-refractivity contribution in [3.8, 4) is 0 Å². The predicted octanol–water partition coefficient (Wildman–Crippen LogP) is 2.41. The predicted molar refractivity (Wildman–Crippen MR) is 166 cm³/mol. The van der Waals surface area contributed by atoms with E-state index in [9.17, 15) is 18.0 Å². The third kappa shape index (κ3) is 9.85. The van der Waals surface area contributed by atoms with E-state index in [-0.39, 0.29) is 18.6 Å². The monoisotopic (exact) mass is 663 g/mol. The van der Waals surface area contributed by atoms with Crippen LogP contribution >= 0.6 is 15.9 Å². The Morgan fingerprint density at radius 3 is 2.36 bits per heavy atom. The lowest BCUT2D eigenvalue weighted by Crippen LogP contribution is -2.53. The molecule has 12 heteroatoms. The van der Waals surface area contributed by atoms with Crippen molar-refractivity contribution in [2.45, 2.75) is 70.0 Å². The van der Waals surface area contributed by atoms with Crippen LogP contribution in [0.4, 0.5) is 0 Å². The normalized spacial score (nSPS) is 20.4. The van der Waals surface area contributed by atoms with Crippen molar-refractivity contribution >= 4 is 37.8 Å². The first-order valence-electron chi connectivity index (χ1n) is 14.5. The molecule has 0 bridgehead atoms. The van der Waals surface area contributed by atoms with Crippen LogP contribution in [0.3, 0.4) is 0 Å². The van der Waals surface area contributed by atoms with Gasteiger partial charge in [0.05, 0.1) is 19.0 Å². The number of nitrogens with zero attached hydrogens (tertiary/aromatic N) is 1. The van der Waals surface area contributed by atoms with Gasteiger partial charge in [-0.2, -0.15) is 0 Å². The molecule has 230 valence electrons. The van der Waals surface area contributed by atoms with Gasteiger partial charge in [0, 0.05) is 30.5 Å². The number of benzene rings is 2. The highest BCUT2D eigenvalue weighted by molar-refractivity contribution is 9.10. The standard InChI is InChI=1S/C30H42BrN5O5S/c1-42(39,40)35-27(11-8-21-12-14-33-15-13-21)30(38)36-19-26(41-20-24-6-9-25(31)10-7-24)16-28(36)29(37)34-18-23-4-2-22(17-32)3-5-23/h2-7,9-10,21,26-28,33,35H,8,11-20,32H2,1H3,(H,34,37)/t26-,27-,28+/m1/s1. The lowest BCUT2D eigenvalue weighted by molar-refractivity contribution is -0.140. The number of likely N-dealkylation sites (tertiary alicyclic amines) is 1. The van der Waals surface area contributed by atoms with Crippen LogP contribution in [0, 0.1) is 5.92 Å². The number of sulfonamides is 1. The summed E-state index contributed by atoms with van der Waals surface area (Å²) in [5.74, 6) is -0.262. The summed E-state index contributed by atoms with van der Waals surface area (Å²) in [7, 11) is -3.66. The Kier molecular flexibility index (Phi) is 11.9. The Morgan fingerprint density at radius 1 is 1.07 bits per heavy atom. The fourth-order valence-electron chi connectivity index (χ4n) is 5.57. The minimum atomic E-state index is -3.66. The number of amides is 2. The van der Waals surface area contributed by atoms with E-state index in [0.29, 0.717) is 38.5 Å². The lowest BCUT2D eigenvalue weighted by atomic mass is 9.91. The SMILES string of the molecule is CS(=O)(=O)N[C@H](CCC1CCNCC1)C(=O)N1C[C@H](OCc2ccc(Br)cc2)C[C@H]1C(=O)NCc1ccc(CN)cc1. The Bertz CT molecular complexity index is 1290. The summed E-state index contributed by atoms with van der Waals surface area (Å²) in [6, 6.07) is 13.7. The number of halogens is 1. The number of carbonyl (C=O) groups is 2. The summed E-state index contributed by atoms with van der Waals surface area (Å²) in [5, 5.41) is 6.30. The number of nitrogens with two attached hydrogens (primary N) is 1. The number of hydrogen-bond acceptors (Lipinski definition) is 7. The number of piperidine rings is 1.